The third kappa shape index (κ3) is 4.73. The normalized spacial score (nSPS) is 12.5. The fraction of sp³-hybridized carbons (Fsp3) is 0.538. The summed E-state index contributed by atoms with van der Waals surface area (Å²) < 4.78 is 10.8. The Balaban J connectivity index is 2.53. The summed E-state index contributed by atoms with van der Waals surface area (Å²) in [6, 6.07) is 5.94. The van der Waals surface area contributed by atoms with Crippen LogP contribution in [0, 0.1) is 6.92 Å². The first-order valence-electron chi connectivity index (χ1n) is 5.82. The Morgan fingerprint density at radius 3 is 2.71 bits per heavy atom. The van der Waals surface area contributed by atoms with Gasteiger partial charge in [0.25, 0.3) is 0 Å². The van der Waals surface area contributed by atoms with Crippen LogP contribution in [-0.2, 0) is 4.74 Å². The molecule has 4 heteroatoms. The average molecular weight is 239 g/mol. The molecule has 1 aromatic rings. The van der Waals surface area contributed by atoms with Gasteiger partial charge in [0.1, 0.15) is 12.4 Å². The number of aliphatic hydroxyl groups excluding tert-OH is 1. The monoisotopic (exact) mass is 239 g/mol. The van der Waals surface area contributed by atoms with Crippen LogP contribution in [0.4, 0.5) is 0 Å². The van der Waals surface area contributed by atoms with Crippen molar-refractivity contribution in [3.63, 3.8) is 0 Å². The van der Waals surface area contributed by atoms with Crippen LogP contribution in [0.25, 0.3) is 0 Å². The average Bonchev–Trinajstić information content (AvgIpc) is 2.28. The van der Waals surface area contributed by atoms with Gasteiger partial charge < -0.3 is 20.3 Å². The maximum absolute atomic E-state index is 8.55. The molecule has 4 nitrogen and oxygen atoms in total. The van der Waals surface area contributed by atoms with Crippen molar-refractivity contribution in [2.75, 3.05) is 26.4 Å². The van der Waals surface area contributed by atoms with Crippen molar-refractivity contribution >= 4 is 0 Å². The SMILES string of the molecule is Cc1ccc([C@@H](C)N)c(OCCOCCO)c1. The lowest BCUT2D eigenvalue weighted by Crippen LogP contribution is -2.12. The van der Waals surface area contributed by atoms with Gasteiger partial charge in [-0.25, -0.2) is 0 Å². The first-order valence-corrected chi connectivity index (χ1v) is 5.82. The highest BCUT2D eigenvalue weighted by atomic mass is 16.5. The molecule has 0 saturated carbocycles. The molecule has 0 aliphatic rings. The van der Waals surface area contributed by atoms with Crippen LogP contribution in [0.2, 0.25) is 0 Å². The lowest BCUT2D eigenvalue weighted by molar-refractivity contribution is 0.0702. The molecule has 96 valence electrons. The van der Waals surface area contributed by atoms with Crippen molar-refractivity contribution in [3.05, 3.63) is 29.3 Å². The molecule has 0 saturated heterocycles. The molecule has 0 spiro atoms. The van der Waals surface area contributed by atoms with Crippen LogP contribution in [0.15, 0.2) is 18.2 Å². The second-order valence-electron chi connectivity index (χ2n) is 4.01. The zero-order chi connectivity index (χ0) is 12.7. The minimum Gasteiger partial charge on any atom is -0.491 e. The molecule has 1 atom stereocenters. The van der Waals surface area contributed by atoms with Crippen LogP contribution in [0.1, 0.15) is 24.1 Å². The van der Waals surface area contributed by atoms with E-state index in [1.165, 1.54) is 0 Å². The van der Waals surface area contributed by atoms with E-state index in [9.17, 15) is 0 Å². The summed E-state index contributed by atoms with van der Waals surface area (Å²) in [5, 5.41) is 8.55. The van der Waals surface area contributed by atoms with E-state index in [0.717, 1.165) is 16.9 Å². The highest BCUT2D eigenvalue weighted by Gasteiger charge is 2.08. The minimum atomic E-state index is -0.0519. The van der Waals surface area contributed by atoms with Gasteiger partial charge in [-0.1, -0.05) is 12.1 Å². The van der Waals surface area contributed by atoms with Gasteiger partial charge in [0, 0.05) is 11.6 Å². The predicted molar refractivity (Wildman–Crippen MR) is 67.2 cm³/mol. The summed E-state index contributed by atoms with van der Waals surface area (Å²) >= 11 is 0. The van der Waals surface area contributed by atoms with Crippen molar-refractivity contribution in [2.45, 2.75) is 19.9 Å². The second-order valence-corrected chi connectivity index (χ2v) is 4.01. The van der Waals surface area contributed by atoms with E-state index in [1.807, 2.05) is 32.0 Å². The number of rotatable bonds is 7. The third-order valence-electron chi connectivity index (χ3n) is 2.38. The quantitative estimate of drug-likeness (QED) is 0.706. The molecule has 0 unspecified atom stereocenters. The maximum Gasteiger partial charge on any atom is 0.124 e. The minimum absolute atomic E-state index is 0.0372. The van der Waals surface area contributed by atoms with Gasteiger partial charge in [-0.2, -0.15) is 0 Å². The fourth-order valence-corrected chi connectivity index (χ4v) is 1.52. The van der Waals surface area contributed by atoms with Crippen LogP contribution in [-0.4, -0.2) is 31.5 Å². The van der Waals surface area contributed by atoms with Gasteiger partial charge in [-0.05, 0) is 25.5 Å². The molecule has 17 heavy (non-hydrogen) atoms. The maximum atomic E-state index is 8.55. The molecule has 1 rings (SSSR count). The van der Waals surface area contributed by atoms with Crippen LogP contribution < -0.4 is 10.5 Å². The number of nitrogens with two attached hydrogens (primary N) is 1. The highest BCUT2D eigenvalue weighted by Crippen LogP contribution is 2.24. The number of aryl methyl sites for hydroxylation is 1. The van der Waals surface area contributed by atoms with E-state index in [1.54, 1.807) is 0 Å². The van der Waals surface area contributed by atoms with Gasteiger partial charge in [0.2, 0.25) is 0 Å². The van der Waals surface area contributed by atoms with Gasteiger partial charge in [0.15, 0.2) is 0 Å². The van der Waals surface area contributed by atoms with E-state index in [-0.39, 0.29) is 12.6 Å². The van der Waals surface area contributed by atoms with Crippen molar-refractivity contribution in [1.29, 1.82) is 0 Å². The van der Waals surface area contributed by atoms with E-state index in [4.69, 9.17) is 20.3 Å². The Morgan fingerprint density at radius 2 is 2.06 bits per heavy atom. The molecule has 0 fully saturated rings. The molecular formula is C13H21NO3. The largest absolute Gasteiger partial charge is 0.491 e. The lowest BCUT2D eigenvalue weighted by Gasteiger charge is -2.14. The zero-order valence-corrected chi connectivity index (χ0v) is 10.5. The Morgan fingerprint density at radius 1 is 1.29 bits per heavy atom. The Labute approximate surface area is 102 Å². The highest BCUT2D eigenvalue weighted by molar-refractivity contribution is 5.38. The standard InChI is InChI=1S/C13H21NO3/c1-10-3-4-12(11(2)14)13(9-10)17-8-7-16-6-5-15/h3-4,9,11,15H,5-8,14H2,1-2H3/t11-/m1/s1. The van der Waals surface area contributed by atoms with E-state index >= 15 is 0 Å². The first-order chi connectivity index (χ1) is 8.15. The molecule has 0 amide bonds. The first kappa shape index (κ1) is 14.0. The number of benzene rings is 1. The predicted octanol–water partition coefficient (Wildman–Crippen LogP) is 1.40. The van der Waals surface area contributed by atoms with Gasteiger partial charge >= 0.3 is 0 Å². The summed E-state index contributed by atoms with van der Waals surface area (Å²) in [4.78, 5) is 0. The smallest absolute Gasteiger partial charge is 0.124 e. The van der Waals surface area contributed by atoms with Crippen LogP contribution >= 0.6 is 0 Å². The molecule has 0 radical (unpaired) electrons. The topological polar surface area (TPSA) is 64.7 Å². The molecule has 0 aliphatic heterocycles. The fourth-order valence-electron chi connectivity index (χ4n) is 1.52. The van der Waals surface area contributed by atoms with Gasteiger partial charge in [-0.3, -0.25) is 0 Å². The molecule has 0 bridgehead atoms. The van der Waals surface area contributed by atoms with E-state index in [2.05, 4.69) is 0 Å². The third-order valence-corrected chi connectivity index (χ3v) is 2.38. The van der Waals surface area contributed by atoms with Crippen molar-refractivity contribution in [1.82, 2.24) is 0 Å². The van der Waals surface area contributed by atoms with Crippen molar-refractivity contribution in [3.8, 4) is 5.75 Å². The van der Waals surface area contributed by atoms with Gasteiger partial charge in [0.05, 0.1) is 19.8 Å². The summed E-state index contributed by atoms with van der Waals surface area (Å²) in [6.45, 7) is 5.25. The van der Waals surface area contributed by atoms with Crippen molar-refractivity contribution < 1.29 is 14.6 Å². The Bertz CT molecular complexity index is 339. The molecule has 0 aromatic heterocycles. The zero-order valence-electron chi connectivity index (χ0n) is 10.5. The van der Waals surface area contributed by atoms with E-state index in [0.29, 0.717) is 19.8 Å². The van der Waals surface area contributed by atoms with Crippen molar-refractivity contribution in [2.24, 2.45) is 5.73 Å². The molecular weight excluding hydrogens is 218 g/mol. The number of hydrogen-bond acceptors (Lipinski definition) is 4. The second kappa shape index (κ2) is 7.27. The molecule has 0 heterocycles. The summed E-state index contributed by atoms with van der Waals surface area (Å²) in [7, 11) is 0. The number of aliphatic hydroxyl groups is 1. The number of ether oxygens (including phenoxy) is 2. The lowest BCUT2D eigenvalue weighted by atomic mass is 10.1. The van der Waals surface area contributed by atoms with Gasteiger partial charge in [-0.15, -0.1) is 0 Å². The Kier molecular flexibility index (Phi) is 5.97. The van der Waals surface area contributed by atoms with E-state index < -0.39 is 0 Å². The van der Waals surface area contributed by atoms with Crippen LogP contribution in [0.3, 0.4) is 0 Å². The molecule has 0 aliphatic carbocycles. The molecule has 1 aromatic carbocycles. The number of hydrogen-bond donors (Lipinski definition) is 2. The van der Waals surface area contributed by atoms with Crippen LogP contribution in [0.5, 0.6) is 5.75 Å². The summed E-state index contributed by atoms with van der Waals surface area (Å²) in [6.07, 6.45) is 0. The summed E-state index contributed by atoms with van der Waals surface area (Å²) in [5.41, 5.74) is 8.01. The Hall–Kier alpha value is -1.10. The molecule has 3 N–H and O–H groups in total. The summed E-state index contributed by atoms with van der Waals surface area (Å²) in [5.74, 6) is 0.813.